The monoisotopic (exact) mass is 349 g/mol. The van der Waals surface area contributed by atoms with E-state index in [0.717, 1.165) is 6.92 Å². The van der Waals surface area contributed by atoms with Crippen LogP contribution in [0.3, 0.4) is 0 Å². The Kier molecular flexibility index (Phi) is 4.50. The van der Waals surface area contributed by atoms with E-state index in [1.54, 1.807) is 0 Å². The number of hydrogen-bond donors (Lipinski definition) is 1. The molecule has 24 heavy (non-hydrogen) atoms. The number of rotatable bonds is 2. The number of benzene rings is 1. The normalized spacial score (nSPS) is 12.1. The molecule has 1 aromatic carbocycles. The van der Waals surface area contributed by atoms with Gasteiger partial charge in [-0.3, -0.25) is 10.1 Å². The summed E-state index contributed by atoms with van der Waals surface area (Å²) in [5, 5.41) is 2.06. The van der Waals surface area contributed by atoms with Crippen molar-refractivity contribution >= 4 is 11.9 Å². The zero-order valence-electron chi connectivity index (χ0n) is 12.0. The van der Waals surface area contributed by atoms with Crippen LogP contribution in [0, 0.1) is 6.92 Å². The number of hydrogen-bond acceptors (Lipinski definition) is 3. The highest BCUT2D eigenvalue weighted by Crippen LogP contribution is 2.38. The molecule has 0 saturated carbocycles. The molecule has 128 valence electrons. The molecule has 1 aromatic heterocycles. The first-order valence-electron chi connectivity index (χ1n) is 6.37. The number of nitrogens with zero attached hydrogens (tertiary/aromatic N) is 2. The smallest absolute Gasteiger partial charge is 0.290 e. The van der Waals surface area contributed by atoms with Gasteiger partial charge in [-0.2, -0.15) is 26.3 Å². The largest absolute Gasteiger partial charge is 0.416 e. The van der Waals surface area contributed by atoms with Crippen molar-refractivity contribution in [1.82, 2.24) is 9.97 Å². The quantitative estimate of drug-likeness (QED) is 0.832. The molecule has 4 nitrogen and oxygen atoms in total. The van der Waals surface area contributed by atoms with Gasteiger partial charge in [-0.15, -0.1) is 0 Å². The predicted octanol–water partition coefficient (Wildman–Crippen LogP) is 4.07. The second-order valence-corrected chi connectivity index (χ2v) is 4.72. The molecule has 0 atom stereocenters. The van der Waals surface area contributed by atoms with E-state index < -0.39 is 40.5 Å². The highest BCUT2D eigenvalue weighted by Gasteiger charge is 2.39. The molecule has 1 N–H and O–H groups in total. The van der Waals surface area contributed by atoms with Crippen molar-refractivity contribution in [2.75, 3.05) is 5.32 Å². The van der Waals surface area contributed by atoms with Crippen molar-refractivity contribution in [1.29, 1.82) is 0 Å². The van der Waals surface area contributed by atoms with Gasteiger partial charge in [0.05, 0.1) is 11.1 Å². The Bertz CT molecular complexity index is 756. The maximum absolute atomic E-state index is 13.0. The molecular weight excluding hydrogens is 340 g/mol. The van der Waals surface area contributed by atoms with Crippen LogP contribution in [0.1, 0.15) is 27.0 Å². The first kappa shape index (κ1) is 17.7. The number of carbonyl (C=O) groups excluding carboxylic acids is 1. The standard InChI is InChI=1S/C14H9F6N3O/c1-7-9(11(24)23-12-21-3-2-4-22-12)5-8(13(15,16)17)6-10(7)14(18,19)20/h2-6H,1H3,(H,21,22,23,24). The Hall–Kier alpha value is -2.65. The van der Waals surface area contributed by atoms with Gasteiger partial charge in [0.25, 0.3) is 5.91 Å². The lowest BCUT2D eigenvalue weighted by Crippen LogP contribution is -2.20. The van der Waals surface area contributed by atoms with Crippen LogP contribution in [0.25, 0.3) is 0 Å². The van der Waals surface area contributed by atoms with Gasteiger partial charge < -0.3 is 0 Å². The van der Waals surface area contributed by atoms with Crippen molar-refractivity contribution in [3.8, 4) is 0 Å². The number of anilines is 1. The van der Waals surface area contributed by atoms with Crippen LogP contribution in [-0.2, 0) is 12.4 Å². The van der Waals surface area contributed by atoms with Crippen LogP contribution < -0.4 is 5.32 Å². The third kappa shape index (κ3) is 3.81. The van der Waals surface area contributed by atoms with Crippen molar-refractivity contribution in [2.24, 2.45) is 0 Å². The number of amides is 1. The van der Waals surface area contributed by atoms with E-state index in [9.17, 15) is 31.1 Å². The summed E-state index contributed by atoms with van der Waals surface area (Å²) in [7, 11) is 0. The summed E-state index contributed by atoms with van der Waals surface area (Å²) >= 11 is 0. The average Bonchev–Trinajstić information content (AvgIpc) is 2.45. The van der Waals surface area contributed by atoms with Crippen LogP contribution in [0.2, 0.25) is 0 Å². The topological polar surface area (TPSA) is 54.9 Å². The van der Waals surface area contributed by atoms with E-state index in [4.69, 9.17) is 0 Å². The molecule has 1 amide bonds. The number of carbonyl (C=O) groups is 1. The lowest BCUT2D eigenvalue weighted by atomic mass is 9.97. The van der Waals surface area contributed by atoms with E-state index >= 15 is 0 Å². The van der Waals surface area contributed by atoms with Crippen molar-refractivity contribution in [2.45, 2.75) is 19.3 Å². The lowest BCUT2D eigenvalue weighted by Gasteiger charge is -2.17. The summed E-state index contributed by atoms with van der Waals surface area (Å²) in [5.41, 5.74) is -4.48. The fraction of sp³-hybridized carbons (Fsp3) is 0.214. The maximum Gasteiger partial charge on any atom is 0.416 e. The first-order chi connectivity index (χ1) is 11.0. The van der Waals surface area contributed by atoms with Gasteiger partial charge in [-0.1, -0.05) is 0 Å². The third-order valence-electron chi connectivity index (χ3n) is 3.08. The molecule has 10 heteroatoms. The Labute approximate surface area is 131 Å². The fourth-order valence-electron chi connectivity index (χ4n) is 1.94. The van der Waals surface area contributed by atoms with Crippen LogP contribution in [-0.4, -0.2) is 15.9 Å². The summed E-state index contributed by atoms with van der Waals surface area (Å²) < 4.78 is 77.4. The summed E-state index contributed by atoms with van der Waals surface area (Å²) in [6.07, 6.45) is -7.57. The molecule has 0 saturated heterocycles. The molecule has 0 aliphatic rings. The second-order valence-electron chi connectivity index (χ2n) is 4.72. The van der Waals surface area contributed by atoms with Gasteiger partial charge in [0.15, 0.2) is 0 Å². The Morgan fingerprint density at radius 2 is 1.58 bits per heavy atom. The van der Waals surface area contributed by atoms with Crippen LogP contribution >= 0.6 is 0 Å². The zero-order valence-corrected chi connectivity index (χ0v) is 12.0. The minimum Gasteiger partial charge on any atom is -0.290 e. The lowest BCUT2D eigenvalue weighted by molar-refractivity contribution is -0.143. The molecule has 2 aromatic rings. The Balaban J connectivity index is 2.54. The summed E-state index contributed by atoms with van der Waals surface area (Å²) in [5.74, 6) is -1.41. The molecular formula is C14H9F6N3O. The molecule has 0 aliphatic heterocycles. The van der Waals surface area contributed by atoms with E-state index in [0.29, 0.717) is 6.07 Å². The molecule has 2 rings (SSSR count). The summed E-state index contributed by atoms with van der Waals surface area (Å²) in [6, 6.07) is 1.76. The van der Waals surface area contributed by atoms with Crippen molar-refractivity contribution in [3.05, 3.63) is 52.8 Å². The van der Waals surface area contributed by atoms with E-state index in [2.05, 4.69) is 15.3 Å². The number of nitrogens with one attached hydrogen (secondary N) is 1. The van der Waals surface area contributed by atoms with Gasteiger partial charge in [0, 0.05) is 18.0 Å². The van der Waals surface area contributed by atoms with Crippen LogP contribution in [0.15, 0.2) is 30.6 Å². The highest BCUT2D eigenvalue weighted by atomic mass is 19.4. The first-order valence-corrected chi connectivity index (χ1v) is 6.37. The van der Waals surface area contributed by atoms with Crippen LogP contribution in [0.5, 0.6) is 0 Å². The summed E-state index contributed by atoms with van der Waals surface area (Å²) in [4.78, 5) is 19.3. The molecule has 0 bridgehead atoms. The van der Waals surface area contributed by atoms with E-state index in [1.807, 2.05) is 0 Å². The van der Waals surface area contributed by atoms with Crippen molar-refractivity contribution in [3.63, 3.8) is 0 Å². The number of halogens is 6. The minimum absolute atomic E-state index is 0.0227. The molecule has 1 heterocycles. The van der Waals surface area contributed by atoms with E-state index in [-0.39, 0.29) is 12.0 Å². The molecule has 0 radical (unpaired) electrons. The maximum atomic E-state index is 13.0. The fourth-order valence-corrected chi connectivity index (χ4v) is 1.94. The zero-order chi connectivity index (χ0) is 18.1. The average molecular weight is 349 g/mol. The Morgan fingerprint density at radius 3 is 2.08 bits per heavy atom. The molecule has 0 unspecified atom stereocenters. The predicted molar refractivity (Wildman–Crippen MR) is 71.2 cm³/mol. The summed E-state index contributed by atoms with van der Waals surface area (Å²) in [6.45, 7) is 0.920. The van der Waals surface area contributed by atoms with Gasteiger partial charge in [-0.05, 0) is 30.7 Å². The van der Waals surface area contributed by atoms with E-state index in [1.165, 1.54) is 18.5 Å². The van der Waals surface area contributed by atoms with Gasteiger partial charge >= 0.3 is 12.4 Å². The number of alkyl halides is 6. The Morgan fingerprint density at radius 1 is 1.00 bits per heavy atom. The number of aromatic nitrogens is 2. The molecule has 0 spiro atoms. The minimum atomic E-state index is -5.04. The van der Waals surface area contributed by atoms with Crippen molar-refractivity contribution < 1.29 is 31.1 Å². The van der Waals surface area contributed by atoms with Gasteiger partial charge in [0.1, 0.15) is 0 Å². The molecule has 0 fully saturated rings. The SMILES string of the molecule is Cc1c(C(=O)Nc2ncccn2)cc(C(F)(F)F)cc1C(F)(F)F. The van der Waals surface area contributed by atoms with Gasteiger partial charge in [-0.25, -0.2) is 9.97 Å². The molecule has 0 aliphatic carbocycles. The third-order valence-corrected chi connectivity index (χ3v) is 3.08. The van der Waals surface area contributed by atoms with Crippen LogP contribution in [0.4, 0.5) is 32.3 Å². The second kappa shape index (κ2) is 6.10. The highest BCUT2D eigenvalue weighted by molar-refractivity contribution is 6.04. The van der Waals surface area contributed by atoms with Gasteiger partial charge in [0.2, 0.25) is 5.95 Å².